The highest BCUT2D eigenvalue weighted by Crippen LogP contribution is 2.23. The van der Waals surface area contributed by atoms with Crippen LogP contribution in [-0.4, -0.2) is 17.5 Å². The molecule has 0 amide bonds. The van der Waals surface area contributed by atoms with E-state index in [-0.39, 0.29) is 16.6 Å². The summed E-state index contributed by atoms with van der Waals surface area (Å²) < 4.78 is 26.6. The highest BCUT2D eigenvalue weighted by atomic mass is 32.2. The van der Waals surface area contributed by atoms with E-state index in [0.717, 1.165) is 12.6 Å². The van der Waals surface area contributed by atoms with E-state index in [1.807, 2.05) is 13.2 Å². The second-order valence-corrected chi connectivity index (χ2v) is 6.25. The van der Waals surface area contributed by atoms with Gasteiger partial charge in [0, 0.05) is 22.9 Å². The number of hydrogen-bond acceptors (Lipinski definition) is 2. The van der Waals surface area contributed by atoms with E-state index in [1.165, 1.54) is 12.1 Å². The lowest BCUT2D eigenvalue weighted by Gasteiger charge is -2.25. The summed E-state index contributed by atoms with van der Waals surface area (Å²) in [6.07, 6.45) is 2.04. The third-order valence-corrected chi connectivity index (χ3v) is 4.06. The van der Waals surface area contributed by atoms with Gasteiger partial charge in [-0.2, -0.15) is 11.8 Å². The van der Waals surface area contributed by atoms with E-state index in [9.17, 15) is 8.78 Å². The normalized spacial score (nSPS) is 13.8. The zero-order chi connectivity index (χ0) is 13.1. The van der Waals surface area contributed by atoms with Gasteiger partial charge in [-0.3, -0.25) is 0 Å². The smallest absolute Gasteiger partial charge is 0.128 e. The van der Waals surface area contributed by atoms with E-state index in [0.29, 0.717) is 5.56 Å². The minimum absolute atomic E-state index is 0.0814. The van der Waals surface area contributed by atoms with Crippen molar-refractivity contribution in [2.45, 2.75) is 31.6 Å². The average Bonchev–Trinajstić information content (AvgIpc) is 2.29. The highest BCUT2D eigenvalue weighted by molar-refractivity contribution is 7.99. The van der Waals surface area contributed by atoms with Crippen molar-refractivity contribution in [3.8, 4) is 0 Å². The molecule has 0 aliphatic rings. The van der Waals surface area contributed by atoms with Crippen molar-refractivity contribution in [1.29, 1.82) is 0 Å². The molecule has 0 fully saturated rings. The molecule has 0 saturated carbocycles. The van der Waals surface area contributed by atoms with Gasteiger partial charge in [0.2, 0.25) is 0 Å². The second kappa shape index (κ2) is 5.83. The number of halogens is 2. The molecule has 96 valence electrons. The van der Waals surface area contributed by atoms with Crippen molar-refractivity contribution < 1.29 is 8.78 Å². The molecule has 0 aromatic heterocycles. The van der Waals surface area contributed by atoms with Crippen molar-refractivity contribution in [1.82, 2.24) is 5.32 Å². The molecule has 1 atom stereocenters. The quantitative estimate of drug-likeness (QED) is 0.864. The molecule has 0 saturated heterocycles. The topological polar surface area (TPSA) is 12.0 Å². The molecular formula is C13H19F2NS. The van der Waals surface area contributed by atoms with Crippen LogP contribution in [0.25, 0.3) is 0 Å². The van der Waals surface area contributed by atoms with Crippen molar-refractivity contribution in [3.63, 3.8) is 0 Å². The first-order valence-electron chi connectivity index (χ1n) is 5.59. The number of rotatable bonds is 5. The fourth-order valence-corrected chi connectivity index (χ4v) is 1.66. The first-order valence-corrected chi connectivity index (χ1v) is 6.81. The fraction of sp³-hybridized carbons (Fsp3) is 0.538. The maximum Gasteiger partial charge on any atom is 0.128 e. The monoisotopic (exact) mass is 259 g/mol. The lowest BCUT2D eigenvalue weighted by atomic mass is 10.1. The summed E-state index contributed by atoms with van der Waals surface area (Å²) in [6, 6.07) is 3.36. The van der Waals surface area contributed by atoms with Crippen LogP contribution in [0.15, 0.2) is 18.2 Å². The summed E-state index contributed by atoms with van der Waals surface area (Å²) in [7, 11) is 0. The van der Waals surface area contributed by atoms with E-state index >= 15 is 0 Å². The lowest BCUT2D eigenvalue weighted by Crippen LogP contribution is -2.33. The Hall–Kier alpha value is -0.610. The Morgan fingerprint density at radius 2 is 2.00 bits per heavy atom. The molecule has 1 rings (SSSR count). The summed E-state index contributed by atoms with van der Waals surface area (Å²) in [5, 5.41) is 3.23. The van der Waals surface area contributed by atoms with E-state index in [4.69, 9.17) is 0 Å². The largest absolute Gasteiger partial charge is 0.309 e. The first kappa shape index (κ1) is 14.5. The maximum atomic E-state index is 13.5. The third kappa shape index (κ3) is 4.28. The zero-order valence-corrected chi connectivity index (χ0v) is 11.5. The molecule has 1 N–H and O–H groups in total. The Bertz CT molecular complexity index is 380. The molecule has 0 spiro atoms. The molecule has 4 heteroatoms. The van der Waals surface area contributed by atoms with Gasteiger partial charge in [-0.25, -0.2) is 8.78 Å². The number of thioether (sulfide) groups is 1. The second-order valence-electron chi connectivity index (χ2n) is 4.73. The first-order chi connectivity index (χ1) is 7.85. The van der Waals surface area contributed by atoms with Crippen LogP contribution in [0.3, 0.4) is 0 Å². The van der Waals surface area contributed by atoms with Crippen molar-refractivity contribution in [2.24, 2.45) is 0 Å². The Morgan fingerprint density at radius 1 is 1.35 bits per heavy atom. The number of nitrogens with one attached hydrogen (secondary N) is 1. The molecule has 1 aromatic carbocycles. The minimum atomic E-state index is -0.404. The van der Waals surface area contributed by atoms with Gasteiger partial charge in [0.1, 0.15) is 11.6 Å². The molecule has 0 aliphatic carbocycles. The molecule has 17 heavy (non-hydrogen) atoms. The molecule has 1 aromatic rings. The number of hydrogen-bond donors (Lipinski definition) is 1. The molecule has 0 bridgehead atoms. The Kier molecular flexibility index (Phi) is 4.95. The summed E-state index contributed by atoms with van der Waals surface area (Å²) >= 11 is 1.74. The summed E-state index contributed by atoms with van der Waals surface area (Å²) in [5.41, 5.74) is 0.377. The van der Waals surface area contributed by atoms with Gasteiger partial charge in [-0.05, 0) is 45.2 Å². The van der Waals surface area contributed by atoms with Crippen molar-refractivity contribution in [2.75, 3.05) is 12.8 Å². The van der Waals surface area contributed by atoms with Crippen LogP contribution >= 0.6 is 11.8 Å². The zero-order valence-electron chi connectivity index (χ0n) is 10.7. The predicted molar refractivity (Wildman–Crippen MR) is 70.4 cm³/mol. The van der Waals surface area contributed by atoms with Gasteiger partial charge in [-0.15, -0.1) is 0 Å². The van der Waals surface area contributed by atoms with Crippen LogP contribution in [-0.2, 0) is 0 Å². The molecule has 1 nitrogen and oxygen atoms in total. The minimum Gasteiger partial charge on any atom is -0.309 e. The Balaban J connectivity index is 2.70. The molecular weight excluding hydrogens is 240 g/mol. The predicted octanol–water partition coefficient (Wildman–Crippen LogP) is 3.76. The maximum absolute atomic E-state index is 13.5. The Morgan fingerprint density at radius 3 is 2.59 bits per heavy atom. The van der Waals surface area contributed by atoms with Crippen LogP contribution in [0.5, 0.6) is 0 Å². The average molecular weight is 259 g/mol. The van der Waals surface area contributed by atoms with E-state index < -0.39 is 5.82 Å². The van der Waals surface area contributed by atoms with Gasteiger partial charge in [0.15, 0.2) is 0 Å². The van der Waals surface area contributed by atoms with Crippen molar-refractivity contribution in [3.05, 3.63) is 35.4 Å². The van der Waals surface area contributed by atoms with Gasteiger partial charge in [0.05, 0.1) is 0 Å². The molecule has 0 heterocycles. The molecule has 1 unspecified atom stereocenters. The van der Waals surface area contributed by atoms with Gasteiger partial charge < -0.3 is 5.32 Å². The summed E-state index contributed by atoms with van der Waals surface area (Å²) in [6.45, 7) is 6.80. The third-order valence-electron chi connectivity index (χ3n) is 2.81. The van der Waals surface area contributed by atoms with Crippen LogP contribution in [0.1, 0.15) is 32.4 Å². The van der Waals surface area contributed by atoms with Gasteiger partial charge >= 0.3 is 0 Å². The van der Waals surface area contributed by atoms with E-state index in [2.05, 4.69) is 19.2 Å². The van der Waals surface area contributed by atoms with Crippen LogP contribution in [0.4, 0.5) is 8.78 Å². The standard InChI is InChI=1S/C13H19F2NS/c1-9(16-8-13(2,3)17-4)11-7-10(14)5-6-12(11)15/h5-7,9,16H,8H2,1-4H3. The molecule has 0 radical (unpaired) electrons. The summed E-state index contributed by atoms with van der Waals surface area (Å²) in [5.74, 6) is -0.771. The van der Waals surface area contributed by atoms with E-state index in [1.54, 1.807) is 11.8 Å². The molecule has 0 aliphatic heterocycles. The lowest BCUT2D eigenvalue weighted by molar-refractivity contribution is 0.493. The van der Waals surface area contributed by atoms with Crippen LogP contribution in [0.2, 0.25) is 0 Å². The SMILES string of the molecule is CSC(C)(C)CNC(C)c1cc(F)ccc1F. The fourth-order valence-electron chi connectivity index (χ4n) is 1.43. The van der Waals surface area contributed by atoms with Crippen LogP contribution < -0.4 is 5.32 Å². The van der Waals surface area contributed by atoms with Crippen molar-refractivity contribution >= 4 is 11.8 Å². The van der Waals surface area contributed by atoms with Crippen LogP contribution in [0, 0.1) is 11.6 Å². The highest BCUT2D eigenvalue weighted by Gasteiger charge is 2.18. The Labute approximate surface area is 106 Å². The number of benzene rings is 1. The summed E-state index contributed by atoms with van der Waals surface area (Å²) in [4.78, 5) is 0. The van der Waals surface area contributed by atoms with Gasteiger partial charge in [-0.1, -0.05) is 0 Å². The van der Waals surface area contributed by atoms with Gasteiger partial charge in [0.25, 0.3) is 0 Å².